The van der Waals surface area contributed by atoms with E-state index in [1.165, 1.54) is 17.7 Å². The van der Waals surface area contributed by atoms with Gasteiger partial charge in [-0.1, -0.05) is 11.6 Å². The highest BCUT2D eigenvalue weighted by atomic mass is 35.5. The number of hydrogen-bond acceptors (Lipinski definition) is 2. The van der Waals surface area contributed by atoms with E-state index < -0.39 is 0 Å². The minimum atomic E-state index is -0.308. The second-order valence-electron chi connectivity index (χ2n) is 4.18. The van der Waals surface area contributed by atoms with Gasteiger partial charge in [0.25, 0.3) is 0 Å². The third-order valence-corrected chi connectivity index (χ3v) is 2.93. The maximum absolute atomic E-state index is 13.1. The molecule has 0 aliphatic heterocycles. The first kappa shape index (κ1) is 13.0. The predicted octanol–water partition coefficient (Wildman–Crippen LogP) is 3.47. The van der Waals surface area contributed by atoms with Crippen LogP contribution in [0.25, 0.3) is 0 Å². The van der Waals surface area contributed by atoms with Crippen molar-refractivity contribution in [2.45, 2.75) is 20.0 Å². The fraction of sp³-hybridized carbons (Fsp3) is 0.214. The number of hydrogen-bond donors (Lipinski definition) is 1. The van der Waals surface area contributed by atoms with Gasteiger partial charge in [0.2, 0.25) is 0 Å². The van der Waals surface area contributed by atoms with E-state index in [4.69, 9.17) is 11.6 Å². The van der Waals surface area contributed by atoms with Gasteiger partial charge in [0, 0.05) is 30.5 Å². The minimum Gasteiger partial charge on any atom is -0.309 e. The van der Waals surface area contributed by atoms with E-state index in [0.29, 0.717) is 18.1 Å². The molecule has 0 saturated heterocycles. The van der Waals surface area contributed by atoms with E-state index in [2.05, 4.69) is 10.3 Å². The number of nitrogens with one attached hydrogen (secondary N) is 1. The number of benzene rings is 1. The van der Waals surface area contributed by atoms with Crippen molar-refractivity contribution in [3.63, 3.8) is 0 Å². The molecule has 0 fully saturated rings. The van der Waals surface area contributed by atoms with Crippen LogP contribution >= 0.6 is 11.6 Å². The monoisotopic (exact) mass is 264 g/mol. The Labute approximate surface area is 111 Å². The number of halogens is 2. The summed E-state index contributed by atoms with van der Waals surface area (Å²) in [5.41, 5.74) is 3.16. The lowest BCUT2D eigenvalue weighted by Crippen LogP contribution is -2.13. The molecular formula is C14H14ClFN2. The lowest BCUT2D eigenvalue weighted by molar-refractivity contribution is 0.620. The van der Waals surface area contributed by atoms with Crippen molar-refractivity contribution in [1.29, 1.82) is 0 Å². The van der Waals surface area contributed by atoms with Crippen LogP contribution in [0.5, 0.6) is 0 Å². The van der Waals surface area contributed by atoms with Crippen molar-refractivity contribution >= 4 is 11.6 Å². The van der Waals surface area contributed by atoms with Crippen LogP contribution in [-0.2, 0) is 13.1 Å². The third kappa shape index (κ3) is 3.52. The molecule has 0 unspecified atom stereocenters. The maximum Gasteiger partial charge on any atom is 0.125 e. The molecule has 0 saturated carbocycles. The van der Waals surface area contributed by atoms with Crippen LogP contribution in [0.15, 0.2) is 36.7 Å². The van der Waals surface area contributed by atoms with Gasteiger partial charge in [0.1, 0.15) is 5.82 Å². The first-order chi connectivity index (χ1) is 8.65. The molecule has 1 N–H and O–H groups in total. The van der Waals surface area contributed by atoms with Crippen molar-refractivity contribution < 1.29 is 4.39 Å². The highest BCUT2D eigenvalue weighted by Gasteiger charge is 2.01. The zero-order chi connectivity index (χ0) is 13.0. The van der Waals surface area contributed by atoms with Gasteiger partial charge in [-0.25, -0.2) is 4.39 Å². The molecule has 0 amide bonds. The predicted molar refractivity (Wildman–Crippen MR) is 70.9 cm³/mol. The van der Waals surface area contributed by atoms with Gasteiger partial charge < -0.3 is 5.32 Å². The molecule has 1 aromatic heterocycles. The quantitative estimate of drug-likeness (QED) is 0.915. The van der Waals surface area contributed by atoms with Crippen LogP contribution in [0.3, 0.4) is 0 Å². The SMILES string of the molecule is Cc1ccncc1CNCc1cc(F)cc(Cl)c1. The number of pyridine rings is 1. The van der Waals surface area contributed by atoms with E-state index in [9.17, 15) is 4.39 Å². The summed E-state index contributed by atoms with van der Waals surface area (Å²) in [7, 11) is 0. The van der Waals surface area contributed by atoms with Crippen LogP contribution in [0.1, 0.15) is 16.7 Å². The molecule has 0 atom stereocenters. The molecule has 0 bridgehead atoms. The summed E-state index contributed by atoms with van der Waals surface area (Å²) >= 11 is 5.79. The zero-order valence-electron chi connectivity index (χ0n) is 10.1. The summed E-state index contributed by atoms with van der Waals surface area (Å²) in [4.78, 5) is 4.08. The van der Waals surface area contributed by atoms with E-state index >= 15 is 0 Å². The lowest BCUT2D eigenvalue weighted by atomic mass is 10.1. The number of nitrogens with zero attached hydrogens (tertiary/aromatic N) is 1. The van der Waals surface area contributed by atoms with Crippen LogP contribution < -0.4 is 5.32 Å². The summed E-state index contributed by atoms with van der Waals surface area (Å²) in [5.74, 6) is -0.308. The molecule has 2 aromatic rings. The smallest absolute Gasteiger partial charge is 0.125 e. The molecule has 0 aliphatic carbocycles. The summed E-state index contributed by atoms with van der Waals surface area (Å²) in [6.07, 6.45) is 3.60. The van der Waals surface area contributed by atoms with Crippen molar-refractivity contribution in [2.24, 2.45) is 0 Å². The molecule has 18 heavy (non-hydrogen) atoms. The Hall–Kier alpha value is -1.45. The van der Waals surface area contributed by atoms with Gasteiger partial charge >= 0.3 is 0 Å². The Morgan fingerprint density at radius 3 is 2.83 bits per heavy atom. The van der Waals surface area contributed by atoms with E-state index in [-0.39, 0.29) is 5.82 Å². The minimum absolute atomic E-state index is 0.308. The molecule has 1 heterocycles. The number of rotatable bonds is 4. The molecule has 2 rings (SSSR count). The summed E-state index contributed by atoms with van der Waals surface area (Å²) < 4.78 is 13.1. The van der Waals surface area contributed by atoms with E-state index in [1.54, 1.807) is 12.3 Å². The Morgan fingerprint density at radius 1 is 1.28 bits per heavy atom. The van der Waals surface area contributed by atoms with Gasteiger partial charge in [-0.3, -0.25) is 4.98 Å². The first-order valence-corrected chi connectivity index (χ1v) is 6.08. The zero-order valence-corrected chi connectivity index (χ0v) is 10.8. The van der Waals surface area contributed by atoms with Crippen LogP contribution in [0.2, 0.25) is 5.02 Å². The second-order valence-corrected chi connectivity index (χ2v) is 4.62. The average Bonchev–Trinajstić information content (AvgIpc) is 2.30. The average molecular weight is 265 g/mol. The van der Waals surface area contributed by atoms with Crippen molar-refractivity contribution in [3.05, 3.63) is 64.2 Å². The Morgan fingerprint density at radius 2 is 2.11 bits per heavy atom. The summed E-state index contributed by atoms with van der Waals surface area (Å²) in [6, 6.07) is 6.51. The number of aryl methyl sites for hydroxylation is 1. The molecule has 2 nitrogen and oxygen atoms in total. The van der Waals surface area contributed by atoms with Crippen LogP contribution in [-0.4, -0.2) is 4.98 Å². The van der Waals surface area contributed by atoms with Gasteiger partial charge in [-0.15, -0.1) is 0 Å². The number of aromatic nitrogens is 1. The topological polar surface area (TPSA) is 24.9 Å². The van der Waals surface area contributed by atoms with Crippen molar-refractivity contribution in [2.75, 3.05) is 0 Å². The highest BCUT2D eigenvalue weighted by Crippen LogP contribution is 2.14. The normalized spacial score (nSPS) is 10.6. The third-order valence-electron chi connectivity index (χ3n) is 2.71. The Balaban J connectivity index is 1.94. The summed E-state index contributed by atoms with van der Waals surface area (Å²) in [5, 5.41) is 3.67. The van der Waals surface area contributed by atoms with Crippen molar-refractivity contribution in [3.8, 4) is 0 Å². The van der Waals surface area contributed by atoms with E-state index in [0.717, 1.165) is 11.1 Å². The molecule has 1 aromatic carbocycles. The lowest BCUT2D eigenvalue weighted by Gasteiger charge is -2.07. The molecule has 94 valence electrons. The standard InChI is InChI=1S/C14H14ClFN2/c1-10-2-3-17-8-12(10)9-18-7-11-4-13(15)6-14(16)5-11/h2-6,8,18H,7,9H2,1H3. The van der Waals surface area contributed by atoms with Crippen molar-refractivity contribution in [1.82, 2.24) is 10.3 Å². The van der Waals surface area contributed by atoms with Gasteiger partial charge in [-0.2, -0.15) is 0 Å². The Bertz CT molecular complexity index is 523. The second kappa shape index (κ2) is 5.94. The first-order valence-electron chi connectivity index (χ1n) is 5.70. The van der Waals surface area contributed by atoms with Crippen LogP contribution in [0.4, 0.5) is 4.39 Å². The van der Waals surface area contributed by atoms with Gasteiger partial charge in [-0.05, 0) is 47.9 Å². The molecule has 0 spiro atoms. The fourth-order valence-electron chi connectivity index (χ4n) is 1.74. The molecule has 0 aliphatic rings. The van der Waals surface area contributed by atoms with Crippen LogP contribution in [0, 0.1) is 12.7 Å². The van der Waals surface area contributed by atoms with Gasteiger partial charge in [0.15, 0.2) is 0 Å². The highest BCUT2D eigenvalue weighted by molar-refractivity contribution is 6.30. The largest absolute Gasteiger partial charge is 0.309 e. The molecule has 4 heteroatoms. The van der Waals surface area contributed by atoms with E-state index in [1.807, 2.05) is 19.2 Å². The Kier molecular flexibility index (Phi) is 4.28. The van der Waals surface area contributed by atoms with Gasteiger partial charge in [0.05, 0.1) is 0 Å². The molecular weight excluding hydrogens is 251 g/mol. The molecule has 0 radical (unpaired) electrons. The summed E-state index contributed by atoms with van der Waals surface area (Å²) in [6.45, 7) is 3.32. The fourth-order valence-corrected chi connectivity index (χ4v) is 1.98. The maximum atomic E-state index is 13.1.